The van der Waals surface area contributed by atoms with Gasteiger partial charge >= 0.3 is 0 Å². The summed E-state index contributed by atoms with van der Waals surface area (Å²) in [7, 11) is 8.12. The van der Waals surface area contributed by atoms with Crippen LogP contribution in [-0.4, -0.2) is 59.8 Å². The Hall–Kier alpha value is -1.13. The largest absolute Gasteiger partial charge is 0.356 e. The first kappa shape index (κ1) is 22.2. The molecule has 27 heavy (non-hydrogen) atoms. The van der Waals surface area contributed by atoms with Crippen molar-refractivity contribution < 1.29 is 0 Å². The number of aromatic nitrogens is 2. The summed E-state index contributed by atoms with van der Waals surface area (Å²) in [5.74, 6) is 1.53. The molecule has 0 aromatic carbocycles. The molecule has 8 heteroatoms. The zero-order valence-corrected chi connectivity index (χ0v) is 19.8. The first-order valence-electron chi connectivity index (χ1n) is 9.21. The molecule has 2 unspecified atom stereocenters. The van der Waals surface area contributed by atoms with Crippen LogP contribution in [0, 0.1) is 5.92 Å². The third kappa shape index (κ3) is 5.68. The summed E-state index contributed by atoms with van der Waals surface area (Å²) >= 11 is 1.87. The maximum absolute atomic E-state index is 4.48. The number of aliphatic imine (C=N–C) groups is 1. The number of halogens is 1. The van der Waals surface area contributed by atoms with E-state index in [1.165, 1.54) is 29.8 Å². The third-order valence-electron chi connectivity index (χ3n) is 5.12. The molecule has 1 saturated heterocycles. The molecule has 0 amide bonds. The summed E-state index contributed by atoms with van der Waals surface area (Å²) in [5.41, 5.74) is 1.19. The van der Waals surface area contributed by atoms with Crippen molar-refractivity contribution in [3.63, 3.8) is 0 Å². The van der Waals surface area contributed by atoms with Gasteiger partial charge in [0.05, 0.1) is 6.20 Å². The molecular formula is C19H31IN6S. The number of aryl methyl sites for hydroxylation is 1. The van der Waals surface area contributed by atoms with Crippen LogP contribution in [0.5, 0.6) is 0 Å². The van der Waals surface area contributed by atoms with Gasteiger partial charge in [0.1, 0.15) is 0 Å². The minimum atomic E-state index is 0. The van der Waals surface area contributed by atoms with E-state index in [2.05, 4.69) is 56.8 Å². The minimum absolute atomic E-state index is 0. The van der Waals surface area contributed by atoms with Crippen LogP contribution >= 0.6 is 35.3 Å². The van der Waals surface area contributed by atoms with E-state index in [0.29, 0.717) is 12.0 Å². The number of likely N-dealkylation sites (tertiary alicyclic amines) is 1. The molecule has 1 fully saturated rings. The zero-order chi connectivity index (χ0) is 18.5. The van der Waals surface area contributed by atoms with E-state index in [1.807, 2.05) is 42.5 Å². The van der Waals surface area contributed by atoms with E-state index in [4.69, 9.17) is 0 Å². The second-order valence-electron chi connectivity index (χ2n) is 7.15. The molecule has 0 spiro atoms. The molecule has 0 saturated carbocycles. The highest BCUT2D eigenvalue weighted by atomic mass is 127. The molecule has 0 bridgehead atoms. The van der Waals surface area contributed by atoms with Crippen LogP contribution in [0.25, 0.3) is 0 Å². The summed E-state index contributed by atoms with van der Waals surface area (Å²) in [6, 6.07) is 4.93. The van der Waals surface area contributed by atoms with Crippen molar-refractivity contribution in [2.24, 2.45) is 18.0 Å². The van der Waals surface area contributed by atoms with Crippen molar-refractivity contribution in [2.75, 3.05) is 34.2 Å². The van der Waals surface area contributed by atoms with Gasteiger partial charge in [0.25, 0.3) is 0 Å². The van der Waals surface area contributed by atoms with Gasteiger partial charge in [0, 0.05) is 56.9 Å². The van der Waals surface area contributed by atoms with Crippen LogP contribution in [0.2, 0.25) is 0 Å². The molecule has 0 aliphatic carbocycles. The van der Waals surface area contributed by atoms with Gasteiger partial charge < -0.3 is 10.2 Å². The number of guanidine groups is 1. The minimum Gasteiger partial charge on any atom is -0.356 e. The Morgan fingerprint density at radius 1 is 1.44 bits per heavy atom. The molecule has 0 radical (unpaired) electrons. The predicted octanol–water partition coefficient (Wildman–Crippen LogP) is 3.19. The number of thiophene rings is 1. The van der Waals surface area contributed by atoms with Crippen LogP contribution in [0.3, 0.4) is 0 Å². The SMILES string of the molecule is CN=C(NCC1CCCN(C)C1c1cccs1)N(C)Cc1cnn(C)c1.I. The van der Waals surface area contributed by atoms with E-state index in [9.17, 15) is 0 Å². The van der Waals surface area contributed by atoms with Crippen molar-refractivity contribution in [3.05, 3.63) is 40.3 Å². The Bertz CT molecular complexity index is 714. The molecule has 2 atom stereocenters. The van der Waals surface area contributed by atoms with Gasteiger partial charge in [-0.05, 0) is 43.8 Å². The van der Waals surface area contributed by atoms with Gasteiger partial charge in [-0.2, -0.15) is 5.10 Å². The van der Waals surface area contributed by atoms with Gasteiger partial charge in [-0.3, -0.25) is 14.6 Å². The Morgan fingerprint density at radius 3 is 2.89 bits per heavy atom. The van der Waals surface area contributed by atoms with E-state index < -0.39 is 0 Å². The smallest absolute Gasteiger partial charge is 0.193 e. The molecule has 1 aliphatic heterocycles. The molecule has 2 aromatic rings. The summed E-state index contributed by atoms with van der Waals surface area (Å²) < 4.78 is 1.84. The number of nitrogens with zero attached hydrogens (tertiary/aromatic N) is 5. The van der Waals surface area contributed by atoms with E-state index in [-0.39, 0.29) is 24.0 Å². The second kappa shape index (κ2) is 10.4. The number of piperidine rings is 1. The summed E-state index contributed by atoms with van der Waals surface area (Å²) in [6.45, 7) is 2.91. The highest BCUT2D eigenvalue weighted by molar-refractivity contribution is 14.0. The Labute approximate surface area is 183 Å². The summed E-state index contributed by atoms with van der Waals surface area (Å²) in [4.78, 5) is 10.6. The van der Waals surface area contributed by atoms with Crippen LogP contribution in [0.1, 0.15) is 29.3 Å². The van der Waals surface area contributed by atoms with E-state index in [0.717, 1.165) is 19.0 Å². The average molecular weight is 502 g/mol. The highest BCUT2D eigenvalue weighted by Crippen LogP contribution is 2.36. The predicted molar refractivity (Wildman–Crippen MR) is 124 cm³/mol. The summed E-state index contributed by atoms with van der Waals surface area (Å²) in [5, 5.41) is 10.0. The number of hydrogen-bond acceptors (Lipinski definition) is 4. The fourth-order valence-electron chi connectivity index (χ4n) is 3.89. The molecule has 6 nitrogen and oxygen atoms in total. The lowest BCUT2D eigenvalue weighted by Crippen LogP contribution is -2.45. The van der Waals surface area contributed by atoms with Crippen molar-refractivity contribution in [2.45, 2.75) is 25.4 Å². The maximum atomic E-state index is 4.48. The van der Waals surface area contributed by atoms with Crippen molar-refractivity contribution in [1.82, 2.24) is 24.9 Å². The van der Waals surface area contributed by atoms with Crippen LogP contribution in [0.4, 0.5) is 0 Å². The molecule has 3 heterocycles. The molecule has 1 aliphatic rings. The van der Waals surface area contributed by atoms with Crippen LogP contribution < -0.4 is 5.32 Å². The third-order valence-corrected chi connectivity index (χ3v) is 6.06. The van der Waals surface area contributed by atoms with Gasteiger partial charge in [0.2, 0.25) is 0 Å². The number of hydrogen-bond donors (Lipinski definition) is 1. The lowest BCUT2D eigenvalue weighted by Gasteiger charge is -2.39. The van der Waals surface area contributed by atoms with Gasteiger partial charge in [-0.1, -0.05) is 6.07 Å². The fourth-order valence-corrected chi connectivity index (χ4v) is 4.88. The monoisotopic (exact) mass is 502 g/mol. The summed E-state index contributed by atoms with van der Waals surface area (Å²) in [6.07, 6.45) is 6.47. The van der Waals surface area contributed by atoms with E-state index >= 15 is 0 Å². The Morgan fingerprint density at radius 2 is 2.26 bits per heavy atom. The van der Waals surface area contributed by atoms with Crippen LogP contribution in [0.15, 0.2) is 34.9 Å². The van der Waals surface area contributed by atoms with Gasteiger partial charge in [0.15, 0.2) is 5.96 Å². The van der Waals surface area contributed by atoms with Gasteiger partial charge in [-0.25, -0.2) is 0 Å². The molecule has 150 valence electrons. The van der Waals surface area contributed by atoms with Crippen molar-refractivity contribution >= 4 is 41.3 Å². The lowest BCUT2D eigenvalue weighted by molar-refractivity contribution is 0.124. The fraction of sp³-hybridized carbons (Fsp3) is 0.579. The molecule has 2 aromatic heterocycles. The second-order valence-corrected chi connectivity index (χ2v) is 8.13. The number of rotatable bonds is 5. The molecule has 3 rings (SSSR count). The van der Waals surface area contributed by atoms with Crippen LogP contribution in [-0.2, 0) is 13.6 Å². The first-order chi connectivity index (χ1) is 12.6. The lowest BCUT2D eigenvalue weighted by atomic mass is 9.88. The number of nitrogens with one attached hydrogen (secondary N) is 1. The van der Waals surface area contributed by atoms with E-state index in [1.54, 1.807) is 0 Å². The Kier molecular flexibility index (Phi) is 8.56. The normalized spacial score (nSPS) is 21.0. The quantitative estimate of drug-likeness (QED) is 0.388. The molecular weight excluding hydrogens is 471 g/mol. The maximum Gasteiger partial charge on any atom is 0.193 e. The highest BCUT2D eigenvalue weighted by Gasteiger charge is 2.31. The first-order valence-corrected chi connectivity index (χ1v) is 10.1. The average Bonchev–Trinajstić information content (AvgIpc) is 3.27. The zero-order valence-electron chi connectivity index (χ0n) is 16.6. The molecule has 1 N–H and O–H groups in total. The standard InChI is InChI=1S/C19H30N6S.HI/c1-20-19(24(3)13-15-11-22-25(4)14-15)21-12-16-7-5-9-23(2)18(16)17-8-6-10-26-17;/h6,8,10-11,14,16,18H,5,7,9,12-13H2,1-4H3,(H,20,21);1H. The van der Waals surface area contributed by atoms with Crippen molar-refractivity contribution in [3.8, 4) is 0 Å². The van der Waals surface area contributed by atoms with Gasteiger partial charge in [-0.15, -0.1) is 35.3 Å². The topological polar surface area (TPSA) is 48.7 Å². The Balaban J connectivity index is 0.00000261. The van der Waals surface area contributed by atoms with Crippen molar-refractivity contribution in [1.29, 1.82) is 0 Å².